The number of benzene rings is 1. The molecule has 4 aliphatic rings. The van der Waals surface area contributed by atoms with Crippen molar-refractivity contribution < 1.29 is 52.5 Å². The van der Waals surface area contributed by atoms with Crippen LogP contribution in [0.2, 0.25) is 0 Å². The van der Waals surface area contributed by atoms with Crippen LogP contribution in [0.25, 0.3) is 0 Å². The first-order valence-corrected chi connectivity index (χ1v) is 25.7. The third-order valence-electron chi connectivity index (χ3n) is 14.7. The van der Waals surface area contributed by atoms with E-state index in [4.69, 9.17) is 9.47 Å². The monoisotopic (exact) mass is 955 g/mol. The summed E-state index contributed by atoms with van der Waals surface area (Å²) in [7, 11) is 1.56. The molecule has 67 heavy (non-hydrogen) atoms. The summed E-state index contributed by atoms with van der Waals surface area (Å²) in [6, 6.07) is 6.49. The van der Waals surface area contributed by atoms with Gasteiger partial charge in [-0.25, -0.2) is 0 Å². The number of nitrogens with one attached hydrogen (secondary N) is 2. The first-order chi connectivity index (χ1) is 31.9. The van der Waals surface area contributed by atoms with Crippen LogP contribution in [0.5, 0.6) is 0 Å². The van der Waals surface area contributed by atoms with Crippen LogP contribution >= 0.6 is 8.03 Å². The second-order valence-corrected chi connectivity index (χ2v) is 20.7. The van der Waals surface area contributed by atoms with Crippen LogP contribution in [0.15, 0.2) is 42.5 Å². The maximum absolute atomic E-state index is 14.7. The fourth-order valence-corrected chi connectivity index (χ4v) is 11.5. The van der Waals surface area contributed by atoms with Crippen molar-refractivity contribution in [2.24, 2.45) is 23.7 Å². The molecular formula is C49H75N6O11P. The number of fused-ring (bicyclic) bond motifs is 2. The molecule has 372 valence electrons. The van der Waals surface area contributed by atoms with Crippen LogP contribution in [0, 0.1) is 23.7 Å². The largest absolute Gasteiger partial charge is 0.379 e. The minimum absolute atomic E-state index is 0.0148. The van der Waals surface area contributed by atoms with Crippen molar-refractivity contribution in [3.63, 3.8) is 0 Å². The number of amides is 7. The van der Waals surface area contributed by atoms with Crippen LogP contribution in [-0.2, 0) is 54.0 Å². The minimum Gasteiger partial charge on any atom is -0.379 e. The molecule has 1 saturated carbocycles. The summed E-state index contributed by atoms with van der Waals surface area (Å²) >= 11 is 0. The Morgan fingerprint density at radius 3 is 2.21 bits per heavy atom. The second kappa shape index (κ2) is 24.7. The first-order valence-electron chi connectivity index (χ1n) is 24.3. The summed E-state index contributed by atoms with van der Waals surface area (Å²) in [6.07, 6.45) is 7.50. The van der Waals surface area contributed by atoms with Gasteiger partial charge >= 0.3 is 0 Å². The number of carbonyl (C=O) groups is 7. The Hall–Kier alpha value is -4.44. The highest BCUT2D eigenvalue weighted by atomic mass is 31.1. The van der Waals surface area contributed by atoms with Crippen molar-refractivity contribution in [2.75, 3.05) is 34.4 Å². The average molecular weight is 955 g/mol. The summed E-state index contributed by atoms with van der Waals surface area (Å²) in [4.78, 5) is 111. The van der Waals surface area contributed by atoms with E-state index >= 15 is 0 Å². The topological polar surface area (TPSA) is 212 Å². The fraction of sp³-hybridized carbons (Fsp3) is 0.694. The normalized spacial score (nSPS) is 23.8. The zero-order valence-electron chi connectivity index (χ0n) is 40.7. The number of carbonyl (C=O) groups excluding carboxylic acids is 7. The van der Waals surface area contributed by atoms with Crippen molar-refractivity contribution in [2.45, 2.75) is 160 Å². The van der Waals surface area contributed by atoms with Gasteiger partial charge in [0.1, 0.15) is 17.9 Å². The van der Waals surface area contributed by atoms with Crippen LogP contribution in [0.3, 0.4) is 0 Å². The van der Waals surface area contributed by atoms with Gasteiger partial charge in [-0.1, -0.05) is 77.8 Å². The molecule has 0 aromatic heterocycles. The number of methoxy groups -OCH3 is 2. The lowest BCUT2D eigenvalue weighted by Crippen LogP contribution is -2.60. The van der Waals surface area contributed by atoms with Gasteiger partial charge in [0, 0.05) is 65.4 Å². The predicted molar refractivity (Wildman–Crippen MR) is 252 cm³/mol. The minimum atomic E-state index is -3.14. The summed E-state index contributed by atoms with van der Waals surface area (Å²) in [6.45, 7) is 10.2. The molecule has 1 aromatic rings. The molecule has 1 aromatic carbocycles. The molecule has 2 saturated heterocycles. The Morgan fingerprint density at radius 1 is 0.910 bits per heavy atom. The lowest BCUT2D eigenvalue weighted by atomic mass is 9.89. The number of piperidine rings is 1. The van der Waals surface area contributed by atoms with E-state index in [9.17, 15) is 43.0 Å². The molecule has 12 atom stereocenters. The molecule has 0 radical (unpaired) electrons. The molecule has 1 aliphatic carbocycles. The summed E-state index contributed by atoms with van der Waals surface area (Å²) in [5, 5.41) is 5.83. The van der Waals surface area contributed by atoms with Gasteiger partial charge in [0.2, 0.25) is 37.6 Å². The Balaban J connectivity index is 1.22. The number of hydrogen-bond acceptors (Lipinski definition) is 10. The number of unbranched alkanes of at least 4 members (excludes halogenated alkanes) is 2. The summed E-state index contributed by atoms with van der Waals surface area (Å²) < 4.78 is 24.3. The van der Waals surface area contributed by atoms with Crippen molar-refractivity contribution in [1.29, 1.82) is 0 Å². The van der Waals surface area contributed by atoms with Crippen molar-refractivity contribution in [3.05, 3.63) is 48.0 Å². The van der Waals surface area contributed by atoms with E-state index in [1.54, 1.807) is 28.7 Å². The van der Waals surface area contributed by atoms with E-state index < -0.39 is 62.0 Å². The highest BCUT2D eigenvalue weighted by Crippen LogP contribution is 2.43. The number of nitrogens with zero attached hydrogens (tertiary/aromatic N) is 4. The Labute approximate surface area is 396 Å². The first kappa shape index (κ1) is 53.5. The molecule has 3 fully saturated rings. The standard InChI is InChI=1S/C49H75N6O11P/c1-9-31(4)44(37(65-7)29-42(59)53-26-16-19-36(53)46(66-8)32(5)47(60)50-38(67(63)64)27-33-17-12-10-13-18-33)52(6)49(62)43(30(2)3)51-48(61)45-34-21-22-35(28-34)55(45)41(58)20-14-11-15-25-54-39(56)23-24-40(54)57/h10,12-13,17-18,23-24,30-32,34-38,43-46,67H,9,11,14-16,19-22,25-29H2,1-8H3,(H,50,60)(H,51,61)(H,63,64)/t31-,32+,34-,35+,36?,37+,38+,43?,44-,45-,46+/m0/s1. The van der Waals surface area contributed by atoms with E-state index in [-0.39, 0.29) is 78.5 Å². The molecule has 7 amide bonds. The zero-order valence-corrected chi connectivity index (χ0v) is 41.7. The molecule has 2 bridgehead atoms. The number of likely N-dealkylation sites (tertiary alicyclic amines) is 2. The van der Waals surface area contributed by atoms with Crippen LogP contribution < -0.4 is 10.6 Å². The summed E-state index contributed by atoms with van der Waals surface area (Å²) in [5.74, 6) is -4.29. The molecule has 0 spiro atoms. The molecule has 3 unspecified atom stereocenters. The van der Waals surface area contributed by atoms with Gasteiger partial charge in [-0.05, 0) is 68.3 Å². The van der Waals surface area contributed by atoms with Crippen molar-refractivity contribution in [3.8, 4) is 0 Å². The van der Waals surface area contributed by atoms with E-state index in [0.29, 0.717) is 51.6 Å². The van der Waals surface area contributed by atoms with Crippen molar-refractivity contribution in [1.82, 2.24) is 30.2 Å². The highest BCUT2D eigenvalue weighted by Gasteiger charge is 2.52. The fourth-order valence-electron chi connectivity index (χ4n) is 10.8. The molecule has 5 rings (SSSR count). The molecule has 17 nitrogen and oxygen atoms in total. The number of ether oxygens (including phenoxy) is 2. The van der Waals surface area contributed by atoms with Gasteiger partial charge in [-0.15, -0.1) is 0 Å². The van der Waals surface area contributed by atoms with Crippen LogP contribution in [0.1, 0.15) is 111 Å². The lowest BCUT2D eigenvalue weighted by molar-refractivity contribution is -0.149. The second-order valence-electron chi connectivity index (χ2n) is 19.4. The van der Waals surface area contributed by atoms with E-state index in [1.807, 2.05) is 58.0 Å². The number of rotatable bonds is 25. The Kier molecular flexibility index (Phi) is 19.7. The quantitative estimate of drug-likeness (QED) is 0.0723. The Bertz CT molecular complexity index is 1950. The molecule has 3 N–H and O–H groups in total. The highest BCUT2D eigenvalue weighted by molar-refractivity contribution is 7.38. The maximum Gasteiger partial charge on any atom is 0.253 e. The van der Waals surface area contributed by atoms with Gasteiger partial charge in [0.25, 0.3) is 11.8 Å². The number of imide groups is 1. The Morgan fingerprint density at radius 2 is 1.60 bits per heavy atom. The van der Waals surface area contributed by atoms with Crippen LogP contribution in [0.4, 0.5) is 0 Å². The SMILES string of the molecule is CC[C@H](C)[C@@H]([C@@H](CC(=O)N1CCCC1[C@H](OC)[C@@H](C)C(=O)N[C@@H](Cc1ccccc1)[PH](=O)O)OC)N(C)C(=O)C(NC(=O)[C@@H]1[C@H]2CC[C@H](C2)N1C(=O)CCCCCN1C(=O)C=CC1=O)C(C)C. The van der Waals surface area contributed by atoms with E-state index in [2.05, 4.69) is 10.6 Å². The number of hydrogen-bond donors (Lipinski definition) is 3. The van der Waals surface area contributed by atoms with Crippen LogP contribution in [-0.4, -0.2) is 148 Å². The molecule has 3 heterocycles. The predicted octanol–water partition coefficient (Wildman–Crippen LogP) is 4.06. The maximum atomic E-state index is 14.7. The molecule has 18 heteroatoms. The van der Waals surface area contributed by atoms with E-state index in [1.165, 1.54) is 31.3 Å². The molecular weight excluding hydrogens is 880 g/mol. The summed E-state index contributed by atoms with van der Waals surface area (Å²) in [5.41, 5.74) is 0.813. The van der Waals surface area contributed by atoms with Gasteiger partial charge in [0.05, 0.1) is 36.6 Å². The van der Waals surface area contributed by atoms with Gasteiger partial charge < -0.3 is 39.7 Å². The third-order valence-corrected chi connectivity index (χ3v) is 15.6. The lowest BCUT2D eigenvalue weighted by Gasteiger charge is -2.41. The van der Waals surface area contributed by atoms with Gasteiger partial charge in [-0.2, -0.15) is 0 Å². The van der Waals surface area contributed by atoms with Gasteiger partial charge in [-0.3, -0.25) is 43.0 Å². The zero-order chi connectivity index (χ0) is 49.1. The van der Waals surface area contributed by atoms with E-state index in [0.717, 1.165) is 24.8 Å². The van der Waals surface area contributed by atoms with Gasteiger partial charge in [0.15, 0.2) is 0 Å². The number of likely N-dealkylation sites (N-methyl/N-ethyl adjacent to an activating group) is 1. The molecule has 3 aliphatic heterocycles. The smallest absolute Gasteiger partial charge is 0.253 e. The third kappa shape index (κ3) is 13.0. The van der Waals surface area contributed by atoms with Crippen molar-refractivity contribution >= 4 is 49.4 Å². The average Bonchev–Trinajstić information content (AvgIpc) is 4.13.